The number of hydrogen-bond acceptors (Lipinski definition) is 2. The summed E-state index contributed by atoms with van der Waals surface area (Å²) in [5.41, 5.74) is 0. The SMILES string of the molecule is CCC(CC)N(C)CCNC. The molecule has 0 radical (unpaired) electrons. The molecule has 0 bridgehead atoms. The Hall–Kier alpha value is -0.0800. The van der Waals surface area contributed by atoms with Gasteiger partial charge in [-0.25, -0.2) is 0 Å². The van der Waals surface area contributed by atoms with E-state index in [1.54, 1.807) is 0 Å². The first kappa shape index (κ1) is 10.9. The molecular formula is C9H22N2. The van der Waals surface area contributed by atoms with E-state index in [0.717, 1.165) is 19.1 Å². The van der Waals surface area contributed by atoms with E-state index >= 15 is 0 Å². The van der Waals surface area contributed by atoms with Crippen molar-refractivity contribution < 1.29 is 0 Å². The minimum atomic E-state index is 0.767. The van der Waals surface area contributed by atoms with Gasteiger partial charge in [-0.2, -0.15) is 0 Å². The lowest BCUT2D eigenvalue weighted by Gasteiger charge is -2.25. The minimum absolute atomic E-state index is 0.767. The van der Waals surface area contributed by atoms with Crippen molar-refractivity contribution in [1.82, 2.24) is 10.2 Å². The molecule has 2 nitrogen and oxygen atoms in total. The van der Waals surface area contributed by atoms with Gasteiger partial charge in [-0.3, -0.25) is 0 Å². The highest BCUT2D eigenvalue weighted by molar-refractivity contribution is 4.65. The summed E-state index contributed by atoms with van der Waals surface area (Å²) in [6.07, 6.45) is 2.52. The summed E-state index contributed by atoms with van der Waals surface area (Å²) in [5, 5.41) is 3.16. The van der Waals surface area contributed by atoms with Crippen LogP contribution >= 0.6 is 0 Å². The average molecular weight is 158 g/mol. The van der Waals surface area contributed by atoms with Crippen LogP contribution in [0.2, 0.25) is 0 Å². The number of likely N-dealkylation sites (N-methyl/N-ethyl adjacent to an activating group) is 2. The molecule has 0 atom stereocenters. The third kappa shape index (κ3) is 4.38. The van der Waals surface area contributed by atoms with Gasteiger partial charge in [-0.1, -0.05) is 13.8 Å². The van der Waals surface area contributed by atoms with E-state index < -0.39 is 0 Å². The molecular weight excluding hydrogens is 136 g/mol. The van der Waals surface area contributed by atoms with E-state index in [9.17, 15) is 0 Å². The van der Waals surface area contributed by atoms with Gasteiger partial charge in [0.2, 0.25) is 0 Å². The maximum Gasteiger partial charge on any atom is 0.0107 e. The summed E-state index contributed by atoms with van der Waals surface area (Å²) in [5.74, 6) is 0. The molecule has 11 heavy (non-hydrogen) atoms. The van der Waals surface area contributed by atoms with E-state index in [2.05, 4.69) is 31.1 Å². The summed E-state index contributed by atoms with van der Waals surface area (Å²) in [6, 6.07) is 0.767. The summed E-state index contributed by atoms with van der Waals surface area (Å²) >= 11 is 0. The Morgan fingerprint density at radius 3 is 2.18 bits per heavy atom. The fourth-order valence-corrected chi connectivity index (χ4v) is 1.38. The predicted molar refractivity (Wildman–Crippen MR) is 50.9 cm³/mol. The largest absolute Gasteiger partial charge is 0.318 e. The van der Waals surface area contributed by atoms with Crippen LogP contribution in [0.25, 0.3) is 0 Å². The summed E-state index contributed by atoms with van der Waals surface area (Å²) in [4.78, 5) is 2.43. The van der Waals surface area contributed by atoms with Crippen LogP contribution in [0.5, 0.6) is 0 Å². The zero-order valence-corrected chi connectivity index (χ0v) is 8.35. The molecule has 0 saturated carbocycles. The highest BCUT2D eigenvalue weighted by Crippen LogP contribution is 2.04. The Labute approximate surface area is 71.0 Å². The lowest BCUT2D eigenvalue weighted by Crippen LogP contribution is -2.35. The maximum atomic E-state index is 3.16. The van der Waals surface area contributed by atoms with Crippen molar-refractivity contribution in [2.75, 3.05) is 27.2 Å². The molecule has 0 spiro atoms. The van der Waals surface area contributed by atoms with Gasteiger partial charge in [-0.05, 0) is 26.9 Å². The Morgan fingerprint density at radius 2 is 1.82 bits per heavy atom. The molecule has 0 aliphatic carbocycles. The van der Waals surface area contributed by atoms with E-state index in [1.807, 2.05) is 7.05 Å². The van der Waals surface area contributed by atoms with Crippen molar-refractivity contribution in [3.63, 3.8) is 0 Å². The van der Waals surface area contributed by atoms with Gasteiger partial charge in [0.15, 0.2) is 0 Å². The van der Waals surface area contributed by atoms with Crippen LogP contribution in [0.4, 0.5) is 0 Å². The fraction of sp³-hybridized carbons (Fsp3) is 1.00. The molecule has 0 aromatic rings. The van der Waals surface area contributed by atoms with E-state index in [-0.39, 0.29) is 0 Å². The monoisotopic (exact) mass is 158 g/mol. The summed E-state index contributed by atoms with van der Waals surface area (Å²) in [7, 11) is 4.20. The Morgan fingerprint density at radius 1 is 1.27 bits per heavy atom. The van der Waals surface area contributed by atoms with Crippen molar-refractivity contribution in [2.45, 2.75) is 32.7 Å². The van der Waals surface area contributed by atoms with Gasteiger partial charge < -0.3 is 10.2 Å². The van der Waals surface area contributed by atoms with Crippen molar-refractivity contribution in [2.24, 2.45) is 0 Å². The first-order chi connectivity index (χ1) is 5.26. The fourth-order valence-electron chi connectivity index (χ4n) is 1.38. The lowest BCUT2D eigenvalue weighted by atomic mass is 10.1. The molecule has 68 valence electrons. The molecule has 0 aliphatic heterocycles. The quantitative estimate of drug-likeness (QED) is 0.627. The number of nitrogens with one attached hydrogen (secondary N) is 1. The zero-order valence-electron chi connectivity index (χ0n) is 8.35. The Balaban J connectivity index is 3.51. The molecule has 0 heterocycles. The van der Waals surface area contributed by atoms with Crippen LogP contribution in [0.15, 0.2) is 0 Å². The molecule has 0 aromatic carbocycles. The smallest absolute Gasteiger partial charge is 0.0107 e. The number of nitrogens with zero attached hydrogens (tertiary/aromatic N) is 1. The van der Waals surface area contributed by atoms with Crippen LogP contribution in [-0.2, 0) is 0 Å². The maximum absolute atomic E-state index is 3.16. The van der Waals surface area contributed by atoms with Crippen LogP contribution in [0.3, 0.4) is 0 Å². The topological polar surface area (TPSA) is 15.3 Å². The highest BCUT2D eigenvalue weighted by atomic mass is 15.1. The van der Waals surface area contributed by atoms with Gasteiger partial charge >= 0.3 is 0 Å². The predicted octanol–water partition coefficient (Wildman–Crippen LogP) is 1.33. The van der Waals surface area contributed by atoms with Crippen LogP contribution < -0.4 is 5.32 Å². The van der Waals surface area contributed by atoms with Gasteiger partial charge in [0.05, 0.1) is 0 Å². The van der Waals surface area contributed by atoms with Crippen molar-refractivity contribution in [1.29, 1.82) is 0 Å². The second-order valence-corrected chi connectivity index (χ2v) is 3.05. The molecule has 0 aliphatic rings. The van der Waals surface area contributed by atoms with Crippen molar-refractivity contribution >= 4 is 0 Å². The van der Waals surface area contributed by atoms with Crippen LogP contribution in [-0.4, -0.2) is 38.1 Å². The molecule has 0 fully saturated rings. The number of hydrogen-bond donors (Lipinski definition) is 1. The standard InChI is InChI=1S/C9H22N2/c1-5-9(6-2)11(4)8-7-10-3/h9-10H,5-8H2,1-4H3. The van der Waals surface area contributed by atoms with Crippen LogP contribution in [0.1, 0.15) is 26.7 Å². The Kier molecular flexibility index (Phi) is 6.57. The van der Waals surface area contributed by atoms with Crippen molar-refractivity contribution in [3.8, 4) is 0 Å². The Bertz CT molecular complexity index is 79.6. The average Bonchev–Trinajstić information content (AvgIpc) is 2.03. The third-order valence-corrected chi connectivity index (χ3v) is 2.28. The van der Waals surface area contributed by atoms with E-state index in [4.69, 9.17) is 0 Å². The second-order valence-electron chi connectivity index (χ2n) is 3.05. The first-order valence-corrected chi connectivity index (χ1v) is 4.61. The third-order valence-electron chi connectivity index (χ3n) is 2.28. The molecule has 0 rings (SSSR count). The summed E-state index contributed by atoms with van der Waals surface area (Å²) in [6.45, 7) is 6.75. The molecule has 0 saturated heterocycles. The normalized spacial score (nSPS) is 11.5. The first-order valence-electron chi connectivity index (χ1n) is 4.61. The van der Waals surface area contributed by atoms with Gasteiger partial charge in [0, 0.05) is 19.1 Å². The zero-order chi connectivity index (χ0) is 8.69. The van der Waals surface area contributed by atoms with E-state index in [1.165, 1.54) is 12.8 Å². The van der Waals surface area contributed by atoms with Gasteiger partial charge in [0.25, 0.3) is 0 Å². The lowest BCUT2D eigenvalue weighted by molar-refractivity contribution is 0.231. The highest BCUT2D eigenvalue weighted by Gasteiger charge is 2.08. The van der Waals surface area contributed by atoms with Gasteiger partial charge in [-0.15, -0.1) is 0 Å². The number of rotatable bonds is 6. The summed E-state index contributed by atoms with van der Waals surface area (Å²) < 4.78 is 0. The van der Waals surface area contributed by atoms with Crippen LogP contribution in [0, 0.1) is 0 Å². The molecule has 1 N–H and O–H groups in total. The molecule has 2 heteroatoms. The van der Waals surface area contributed by atoms with Crippen molar-refractivity contribution in [3.05, 3.63) is 0 Å². The van der Waals surface area contributed by atoms with Gasteiger partial charge in [0.1, 0.15) is 0 Å². The molecule has 0 unspecified atom stereocenters. The molecule has 0 amide bonds. The minimum Gasteiger partial charge on any atom is -0.318 e. The van der Waals surface area contributed by atoms with E-state index in [0.29, 0.717) is 0 Å². The second kappa shape index (κ2) is 6.62. The molecule has 0 aromatic heterocycles.